The van der Waals surface area contributed by atoms with Crippen LogP contribution in [0, 0.1) is 6.92 Å². The molecule has 0 aromatic heterocycles. The molecule has 0 fully saturated rings. The molecule has 0 unspecified atom stereocenters. The van der Waals surface area contributed by atoms with Crippen molar-refractivity contribution in [1.29, 1.82) is 0 Å². The summed E-state index contributed by atoms with van der Waals surface area (Å²) < 4.78 is 38.4. The number of hydrazone groups is 1. The first kappa shape index (κ1) is 17.8. The van der Waals surface area contributed by atoms with E-state index in [4.69, 9.17) is 11.6 Å². The zero-order valence-corrected chi connectivity index (χ0v) is 13.1. The fourth-order valence-corrected chi connectivity index (χ4v) is 2.17. The Kier molecular flexibility index (Phi) is 5.14. The zero-order valence-electron chi connectivity index (χ0n) is 12.4. The molecule has 0 saturated carbocycles. The van der Waals surface area contributed by atoms with Gasteiger partial charge in [-0.25, -0.2) is 5.43 Å². The van der Waals surface area contributed by atoms with Crippen molar-refractivity contribution in [2.24, 2.45) is 5.10 Å². The van der Waals surface area contributed by atoms with Crippen molar-refractivity contribution in [2.75, 3.05) is 0 Å². The predicted molar refractivity (Wildman–Crippen MR) is 84.4 cm³/mol. The highest BCUT2D eigenvalue weighted by atomic mass is 35.5. The first-order valence-electron chi connectivity index (χ1n) is 6.68. The number of aryl methyl sites for hydroxylation is 1. The second kappa shape index (κ2) is 6.92. The van der Waals surface area contributed by atoms with Crippen molar-refractivity contribution in [1.82, 2.24) is 5.43 Å². The molecule has 0 bridgehead atoms. The van der Waals surface area contributed by atoms with Crippen molar-refractivity contribution in [3.8, 4) is 5.75 Å². The van der Waals surface area contributed by atoms with Gasteiger partial charge >= 0.3 is 6.18 Å². The SMILES string of the molecule is Cc1cccc(C(=O)NN=Cc2cc(Cl)cc(C(F)(F)F)c2O)c1. The number of carbonyl (C=O) groups excluding carboxylic acids is 1. The minimum atomic E-state index is -4.76. The van der Waals surface area contributed by atoms with E-state index in [2.05, 4.69) is 10.5 Å². The van der Waals surface area contributed by atoms with E-state index in [9.17, 15) is 23.1 Å². The summed E-state index contributed by atoms with van der Waals surface area (Å²) in [6.07, 6.45) is -3.87. The predicted octanol–water partition coefficient (Wildman–Crippen LogP) is 4.14. The smallest absolute Gasteiger partial charge is 0.420 e. The Morgan fingerprint density at radius 1 is 1.29 bits per heavy atom. The van der Waals surface area contributed by atoms with Crippen LogP contribution in [0.15, 0.2) is 41.5 Å². The van der Waals surface area contributed by atoms with Gasteiger partial charge in [-0.2, -0.15) is 18.3 Å². The molecule has 8 heteroatoms. The molecule has 1 amide bonds. The third kappa shape index (κ3) is 4.26. The molecule has 0 aliphatic heterocycles. The van der Waals surface area contributed by atoms with Gasteiger partial charge in [-0.1, -0.05) is 29.3 Å². The van der Waals surface area contributed by atoms with E-state index in [0.29, 0.717) is 11.6 Å². The van der Waals surface area contributed by atoms with Gasteiger partial charge in [0.2, 0.25) is 0 Å². The summed E-state index contributed by atoms with van der Waals surface area (Å²) in [5, 5.41) is 13.0. The summed E-state index contributed by atoms with van der Waals surface area (Å²) in [5.74, 6) is -1.55. The maximum Gasteiger partial charge on any atom is 0.420 e. The second-order valence-corrected chi connectivity index (χ2v) is 5.39. The lowest BCUT2D eigenvalue weighted by Gasteiger charge is -2.11. The van der Waals surface area contributed by atoms with Crippen LogP contribution in [0.3, 0.4) is 0 Å². The number of hydrogen-bond acceptors (Lipinski definition) is 3. The van der Waals surface area contributed by atoms with Crippen LogP contribution in [0.5, 0.6) is 5.75 Å². The minimum absolute atomic E-state index is 0.216. The third-order valence-electron chi connectivity index (χ3n) is 3.06. The van der Waals surface area contributed by atoms with Gasteiger partial charge in [-0.3, -0.25) is 4.79 Å². The number of nitrogens with one attached hydrogen (secondary N) is 1. The standard InChI is InChI=1S/C16H12ClF3N2O2/c1-9-3-2-4-10(5-9)15(24)22-21-8-11-6-12(17)7-13(14(11)23)16(18,19)20/h2-8,23H,1H3,(H,22,24). The average molecular weight is 357 g/mol. The summed E-state index contributed by atoms with van der Waals surface area (Å²) in [6.45, 7) is 1.81. The normalized spacial score (nSPS) is 11.7. The first-order chi connectivity index (χ1) is 11.2. The molecular weight excluding hydrogens is 345 g/mol. The first-order valence-corrected chi connectivity index (χ1v) is 7.06. The fourth-order valence-electron chi connectivity index (χ4n) is 1.95. The van der Waals surface area contributed by atoms with Crippen LogP contribution >= 0.6 is 11.6 Å². The Labute approximate surface area is 140 Å². The van der Waals surface area contributed by atoms with E-state index in [1.807, 2.05) is 13.0 Å². The molecule has 0 aliphatic rings. The number of alkyl halides is 3. The lowest BCUT2D eigenvalue weighted by Crippen LogP contribution is -2.17. The van der Waals surface area contributed by atoms with Crippen LogP contribution in [0.4, 0.5) is 13.2 Å². The number of rotatable bonds is 3. The molecule has 0 spiro atoms. The van der Waals surface area contributed by atoms with Gasteiger partial charge in [0.1, 0.15) is 5.75 Å². The molecule has 2 N–H and O–H groups in total. The molecular formula is C16H12ClF3N2O2. The topological polar surface area (TPSA) is 61.7 Å². The van der Waals surface area contributed by atoms with Gasteiger partial charge in [-0.05, 0) is 31.2 Å². The summed E-state index contributed by atoms with van der Waals surface area (Å²) in [5.41, 5.74) is 1.85. The highest BCUT2D eigenvalue weighted by Crippen LogP contribution is 2.38. The van der Waals surface area contributed by atoms with Crippen LogP contribution in [-0.4, -0.2) is 17.2 Å². The maximum atomic E-state index is 12.8. The molecule has 2 aromatic carbocycles. The molecule has 0 aliphatic carbocycles. The quantitative estimate of drug-likeness (QED) is 0.641. The van der Waals surface area contributed by atoms with E-state index in [1.54, 1.807) is 18.2 Å². The van der Waals surface area contributed by atoms with Crippen LogP contribution in [0.2, 0.25) is 5.02 Å². The molecule has 0 heterocycles. The number of phenolic OH excluding ortho intramolecular Hbond substituents is 1. The summed E-state index contributed by atoms with van der Waals surface area (Å²) in [7, 11) is 0. The molecule has 0 atom stereocenters. The molecule has 2 aromatic rings. The highest BCUT2D eigenvalue weighted by Gasteiger charge is 2.35. The lowest BCUT2D eigenvalue weighted by molar-refractivity contribution is -0.138. The maximum absolute atomic E-state index is 12.8. The number of hydrogen-bond donors (Lipinski definition) is 2. The number of aromatic hydroxyl groups is 1. The van der Waals surface area contributed by atoms with E-state index >= 15 is 0 Å². The number of amides is 1. The van der Waals surface area contributed by atoms with Crippen molar-refractivity contribution in [3.63, 3.8) is 0 Å². The van der Waals surface area contributed by atoms with Gasteiger partial charge in [0.25, 0.3) is 5.91 Å². The third-order valence-corrected chi connectivity index (χ3v) is 3.28. The Bertz CT molecular complexity index is 804. The Morgan fingerprint density at radius 3 is 2.62 bits per heavy atom. The van der Waals surface area contributed by atoms with E-state index < -0.39 is 23.4 Å². The summed E-state index contributed by atoms with van der Waals surface area (Å²) in [6, 6.07) is 8.41. The van der Waals surface area contributed by atoms with Gasteiger partial charge in [0.05, 0.1) is 11.8 Å². The lowest BCUT2D eigenvalue weighted by atomic mass is 10.1. The van der Waals surface area contributed by atoms with E-state index in [1.165, 1.54) is 0 Å². The molecule has 0 radical (unpaired) electrons. The summed E-state index contributed by atoms with van der Waals surface area (Å²) in [4.78, 5) is 11.9. The van der Waals surface area contributed by atoms with Crippen LogP contribution in [-0.2, 0) is 6.18 Å². The molecule has 2 rings (SSSR count). The van der Waals surface area contributed by atoms with Crippen LogP contribution in [0.1, 0.15) is 27.0 Å². The van der Waals surface area contributed by atoms with Gasteiger partial charge in [-0.15, -0.1) is 0 Å². The van der Waals surface area contributed by atoms with Gasteiger partial charge in [0, 0.05) is 16.1 Å². The molecule has 4 nitrogen and oxygen atoms in total. The van der Waals surface area contributed by atoms with Crippen LogP contribution in [0.25, 0.3) is 0 Å². The van der Waals surface area contributed by atoms with Crippen molar-refractivity contribution in [3.05, 3.63) is 63.7 Å². The zero-order chi connectivity index (χ0) is 17.9. The second-order valence-electron chi connectivity index (χ2n) is 4.96. The number of carbonyl (C=O) groups is 1. The fraction of sp³-hybridized carbons (Fsp3) is 0.125. The minimum Gasteiger partial charge on any atom is -0.507 e. The number of halogens is 4. The number of phenols is 1. The van der Waals surface area contributed by atoms with Crippen LogP contribution < -0.4 is 5.43 Å². The molecule has 126 valence electrons. The number of nitrogens with zero attached hydrogens (tertiary/aromatic N) is 1. The summed E-state index contributed by atoms with van der Waals surface area (Å²) >= 11 is 5.62. The van der Waals surface area contributed by atoms with Crippen molar-refractivity contribution < 1.29 is 23.1 Å². The monoisotopic (exact) mass is 356 g/mol. The van der Waals surface area contributed by atoms with Crippen molar-refractivity contribution >= 4 is 23.7 Å². The molecule has 0 saturated heterocycles. The average Bonchev–Trinajstić information content (AvgIpc) is 2.49. The van der Waals surface area contributed by atoms with Gasteiger partial charge < -0.3 is 5.11 Å². The Morgan fingerprint density at radius 2 is 2.00 bits per heavy atom. The molecule has 24 heavy (non-hydrogen) atoms. The number of benzene rings is 2. The Hall–Kier alpha value is -2.54. The Balaban J connectivity index is 2.21. The van der Waals surface area contributed by atoms with Gasteiger partial charge in [0.15, 0.2) is 0 Å². The van der Waals surface area contributed by atoms with E-state index in [-0.39, 0.29) is 10.6 Å². The largest absolute Gasteiger partial charge is 0.507 e. The van der Waals surface area contributed by atoms with E-state index in [0.717, 1.165) is 17.8 Å². The highest BCUT2D eigenvalue weighted by molar-refractivity contribution is 6.31. The van der Waals surface area contributed by atoms with Crippen molar-refractivity contribution in [2.45, 2.75) is 13.1 Å².